The van der Waals surface area contributed by atoms with Gasteiger partial charge < -0.3 is 9.92 Å². The quantitative estimate of drug-likeness (QED) is 0.864. The summed E-state index contributed by atoms with van der Waals surface area (Å²) in [6, 6.07) is 11.8. The van der Waals surface area contributed by atoms with Crippen molar-refractivity contribution in [1.29, 1.82) is 5.26 Å². The van der Waals surface area contributed by atoms with Gasteiger partial charge >= 0.3 is 10.1 Å². The van der Waals surface area contributed by atoms with Crippen LogP contribution in [-0.2, 0) is 10.1 Å². The number of primary amides is 1. The smallest absolute Gasteiger partial charge is 0.339 e. The number of nitriles is 1. The Balaban J connectivity index is 2.45. The van der Waals surface area contributed by atoms with Gasteiger partial charge in [0.2, 0.25) is 0 Å². The molecule has 2 N–H and O–H groups in total. The van der Waals surface area contributed by atoms with Crippen LogP contribution in [0.2, 0.25) is 0 Å². The predicted octanol–water partition coefficient (Wildman–Crippen LogP) is 1.73. The molecule has 2 aromatic rings. The molecular weight excluding hydrogens is 304 g/mol. The molecular formula is C15H12N2O4S. The first-order chi connectivity index (χ1) is 10.3. The number of carbonyl (C=O) groups is 1. The maximum Gasteiger partial charge on any atom is 0.339 e. The van der Waals surface area contributed by atoms with Crippen molar-refractivity contribution in [2.75, 3.05) is 0 Å². The van der Waals surface area contributed by atoms with Gasteiger partial charge in [-0.15, -0.1) is 0 Å². The molecule has 0 atom stereocenters. The number of amides is 1. The first-order valence-electron chi connectivity index (χ1n) is 6.19. The molecule has 0 bridgehead atoms. The maximum absolute atomic E-state index is 12.3. The number of rotatable bonds is 4. The van der Waals surface area contributed by atoms with Crippen LogP contribution in [0.15, 0.2) is 47.4 Å². The van der Waals surface area contributed by atoms with Crippen LogP contribution in [0.1, 0.15) is 21.5 Å². The summed E-state index contributed by atoms with van der Waals surface area (Å²) in [4.78, 5) is 11.2. The molecule has 0 fully saturated rings. The summed E-state index contributed by atoms with van der Waals surface area (Å²) >= 11 is 0. The maximum atomic E-state index is 12.3. The molecule has 0 aromatic heterocycles. The predicted molar refractivity (Wildman–Crippen MR) is 78.7 cm³/mol. The standard InChI is InChI=1S/C15H12N2O4S/c1-10-8-11(9-16)6-7-14(10)22(19,20)21-13-5-3-2-4-12(13)15(17)18/h2-8H,1H3,(H2,17,18). The Morgan fingerprint density at radius 2 is 1.91 bits per heavy atom. The normalized spacial score (nSPS) is 10.7. The second kappa shape index (κ2) is 5.87. The van der Waals surface area contributed by atoms with E-state index in [0.717, 1.165) is 0 Å². The van der Waals surface area contributed by atoms with Crippen LogP contribution >= 0.6 is 0 Å². The van der Waals surface area contributed by atoms with Crippen molar-refractivity contribution in [3.63, 3.8) is 0 Å². The lowest BCUT2D eigenvalue weighted by atomic mass is 10.2. The third-order valence-corrected chi connectivity index (χ3v) is 4.32. The summed E-state index contributed by atoms with van der Waals surface area (Å²) in [5, 5.41) is 8.81. The average molecular weight is 316 g/mol. The topological polar surface area (TPSA) is 110 Å². The van der Waals surface area contributed by atoms with E-state index in [9.17, 15) is 13.2 Å². The Hall–Kier alpha value is -2.85. The lowest BCUT2D eigenvalue weighted by Crippen LogP contribution is -2.16. The molecule has 7 heteroatoms. The zero-order valence-corrected chi connectivity index (χ0v) is 12.4. The second-order valence-electron chi connectivity index (χ2n) is 4.49. The fourth-order valence-corrected chi connectivity index (χ4v) is 3.06. The summed E-state index contributed by atoms with van der Waals surface area (Å²) in [5.41, 5.74) is 5.87. The highest BCUT2D eigenvalue weighted by Crippen LogP contribution is 2.24. The second-order valence-corrected chi connectivity index (χ2v) is 6.00. The van der Waals surface area contributed by atoms with E-state index in [1.165, 1.54) is 36.4 Å². The van der Waals surface area contributed by atoms with E-state index in [1.54, 1.807) is 13.0 Å². The van der Waals surface area contributed by atoms with Gasteiger partial charge in [0.15, 0.2) is 5.75 Å². The van der Waals surface area contributed by atoms with Gasteiger partial charge in [0, 0.05) is 0 Å². The van der Waals surface area contributed by atoms with E-state index in [2.05, 4.69) is 0 Å². The van der Waals surface area contributed by atoms with Crippen molar-refractivity contribution < 1.29 is 17.4 Å². The average Bonchev–Trinajstić information content (AvgIpc) is 2.46. The Morgan fingerprint density at radius 1 is 1.23 bits per heavy atom. The molecule has 2 rings (SSSR count). The molecule has 0 radical (unpaired) electrons. The fraction of sp³-hybridized carbons (Fsp3) is 0.0667. The lowest BCUT2D eigenvalue weighted by molar-refractivity contribution is 0.0999. The Bertz CT molecular complexity index is 883. The van der Waals surface area contributed by atoms with Gasteiger partial charge in [0.25, 0.3) is 5.91 Å². The fourth-order valence-electron chi connectivity index (χ4n) is 1.91. The first kappa shape index (κ1) is 15.5. The van der Waals surface area contributed by atoms with Gasteiger partial charge in [-0.25, -0.2) is 0 Å². The number of para-hydroxylation sites is 1. The highest BCUT2D eigenvalue weighted by molar-refractivity contribution is 7.87. The Labute approximate surface area is 127 Å². The van der Waals surface area contributed by atoms with Gasteiger partial charge in [-0.1, -0.05) is 12.1 Å². The zero-order chi connectivity index (χ0) is 16.3. The van der Waals surface area contributed by atoms with E-state index in [1.807, 2.05) is 6.07 Å². The number of nitrogens with two attached hydrogens (primary N) is 1. The largest absolute Gasteiger partial charge is 0.378 e. The van der Waals surface area contributed by atoms with Crippen molar-refractivity contribution in [3.8, 4) is 11.8 Å². The van der Waals surface area contributed by atoms with Crippen molar-refractivity contribution in [3.05, 3.63) is 59.2 Å². The molecule has 0 aliphatic rings. The minimum atomic E-state index is -4.14. The molecule has 0 saturated carbocycles. The molecule has 22 heavy (non-hydrogen) atoms. The highest BCUT2D eigenvalue weighted by Gasteiger charge is 2.22. The van der Waals surface area contributed by atoms with Gasteiger partial charge in [-0.3, -0.25) is 4.79 Å². The molecule has 6 nitrogen and oxygen atoms in total. The van der Waals surface area contributed by atoms with Crippen LogP contribution in [0.4, 0.5) is 0 Å². The van der Waals surface area contributed by atoms with E-state index in [-0.39, 0.29) is 16.2 Å². The van der Waals surface area contributed by atoms with E-state index in [4.69, 9.17) is 15.2 Å². The molecule has 0 unspecified atom stereocenters. The van der Waals surface area contributed by atoms with Crippen LogP contribution in [-0.4, -0.2) is 14.3 Å². The van der Waals surface area contributed by atoms with Crippen molar-refractivity contribution in [2.45, 2.75) is 11.8 Å². The molecule has 0 aliphatic heterocycles. The first-order valence-corrected chi connectivity index (χ1v) is 7.60. The Morgan fingerprint density at radius 3 is 2.50 bits per heavy atom. The van der Waals surface area contributed by atoms with Crippen LogP contribution < -0.4 is 9.92 Å². The van der Waals surface area contributed by atoms with E-state index < -0.39 is 16.0 Å². The summed E-state index contributed by atoms with van der Waals surface area (Å²) in [5.74, 6) is -0.930. The van der Waals surface area contributed by atoms with Crippen molar-refractivity contribution in [1.82, 2.24) is 0 Å². The van der Waals surface area contributed by atoms with Crippen molar-refractivity contribution in [2.24, 2.45) is 5.73 Å². The summed E-state index contributed by atoms with van der Waals surface area (Å²) in [7, 11) is -4.14. The molecule has 0 heterocycles. The molecule has 0 saturated heterocycles. The zero-order valence-electron chi connectivity index (χ0n) is 11.6. The number of hydrogen-bond acceptors (Lipinski definition) is 5. The minimum Gasteiger partial charge on any atom is -0.378 e. The molecule has 0 aliphatic carbocycles. The van der Waals surface area contributed by atoms with Crippen molar-refractivity contribution >= 4 is 16.0 Å². The third kappa shape index (κ3) is 3.07. The van der Waals surface area contributed by atoms with Gasteiger partial charge in [-0.2, -0.15) is 13.7 Å². The number of nitrogens with zero attached hydrogens (tertiary/aromatic N) is 1. The molecule has 0 spiro atoms. The van der Waals surface area contributed by atoms with Crippen LogP contribution in [0.3, 0.4) is 0 Å². The number of aryl methyl sites for hydroxylation is 1. The third-order valence-electron chi connectivity index (χ3n) is 2.93. The minimum absolute atomic E-state index is 0.0302. The number of benzene rings is 2. The van der Waals surface area contributed by atoms with Gasteiger partial charge in [-0.05, 0) is 42.8 Å². The van der Waals surface area contributed by atoms with Crippen LogP contribution in [0, 0.1) is 18.3 Å². The highest BCUT2D eigenvalue weighted by atomic mass is 32.2. The summed E-state index contributed by atoms with van der Waals surface area (Å²) in [6.07, 6.45) is 0. The Kier molecular flexibility index (Phi) is 4.15. The monoisotopic (exact) mass is 316 g/mol. The van der Waals surface area contributed by atoms with Gasteiger partial charge in [0.1, 0.15) is 4.90 Å². The number of hydrogen-bond donors (Lipinski definition) is 1. The van der Waals surface area contributed by atoms with Crippen LogP contribution in [0.25, 0.3) is 0 Å². The lowest BCUT2D eigenvalue weighted by Gasteiger charge is -2.11. The molecule has 2 aromatic carbocycles. The molecule has 112 valence electrons. The van der Waals surface area contributed by atoms with Gasteiger partial charge in [0.05, 0.1) is 17.2 Å². The SMILES string of the molecule is Cc1cc(C#N)ccc1S(=O)(=O)Oc1ccccc1C(N)=O. The van der Waals surface area contributed by atoms with E-state index >= 15 is 0 Å². The summed E-state index contributed by atoms with van der Waals surface area (Å²) < 4.78 is 29.7. The van der Waals surface area contributed by atoms with Crippen LogP contribution in [0.5, 0.6) is 5.75 Å². The van der Waals surface area contributed by atoms with E-state index in [0.29, 0.717) is 11.1 Å². The molecule has 1 amide bonds. The number of carbonyl (C=O) groups excluding carboxylic acids is 1. The summed E-state index contributed by atoms with van der Waals surface area (Å²) in [6.45, 7) is 1.55.